The van der Waals surface area contributed by atoms with Crippen molar-refractivity contribution in [2.75, 3.05) is 44.1 Å². The zero-order valence-corrected chi connectivity index (χ0v) is 39.1. The number of nitrogens with zero attached hydrogens (tertiary/aromatic N) is 1. The number of unbranched alkanes of at least 4 members (excludes halogenated alkanes) is 5. The molecule has 2 aromatic rings. The Bertz CT molecular complexity index is 2420. The second-order valence-corrected chi connectivity index (χ2v) is 20.9. The van der Waals surface area contributed by atoms with Crippen molar-refractivity contribution in [1.82, 2.24) is 0 Å². The topological polar surface area (TPSA) is 222 Å². The van der Waals surface area contributed by atoms with Crippen LogP contribution in [0, 0.1) is 0 Å². The van der Waals surface area contributed by atoms with Gasteiger partial charge in [-0.25, -0.2) is 0 Å². The van der Waals surface area contributed by atoms with Gasteiger partial charge in [0.15, 0.2) is 0 Å². The van der Waals surface area contributed by atoms with Gasteiger partial charge < -0.3 is 19.5 Å². The van der Waals surface area contributed by atoms with Gasteiger partial charge in [-0.15, -0.1) is 0 Å². The molecule has 0 bridgehead atoms. The van der Waals surface area contributed by atoms with Crippen molar-refractivity contribution < 1.29 is 58.3 Å². The van der Waals surface area contributed by atoms with E-state index in [9.17, 15) is 43.7 Å². The van der Waals surface area contributed by atoms with Crippen LogP contribution >= 0.6 is 0 Å². The standard InChI is InChI=1S/C46H63NO13S3/c1-5-47-42-25-24-38(63(56,57)58)34-41(42)46(3,27-28-60-30-29-59-4)43(47)20-15-11-8-10-14-19-39-35(18-13-9-6-7-12-16-21-44(48)49)32-36-22-23-37(62(53,54)55)33-40(36)45(39,2)26-17-31-61(50,51)52/h8,10-11,14-15,19-20,22-25,33-34H,5-7,9,12-13,16-18,21,26-32H2,1-4H3,(H,48,49)(H,50,51,52)(H,53,54,55)(H,56,57,58)/b10-8+,15-11+,19-14+,43-20+. The summed E-state index contributed by atoms with van der Waals surface area (Å²) in [5, 5.41) is 8.94. The fourth-order valence-electron chi connectivity index (χ4n) is 8.78. The summed E-state index contributed by atoms with van der Waals surface area (Å²) in [6.07, 6.45) is 20.6. The zero-order valence-electron chi connectivity index (χ0n) is 36.7. The predicted octanol–water partition coefficient (Wildman–Crippen LogP) is 8.57. The molecule has 0 fully saturated rings. The number of hydrogen-bond donors (Lipinski definition) is 4. The molecule has 4 rings (SSSR count). The van der Waals surface area contributed by atoms with Crippen LogP contribution in [0.3, 0.4) is 0 Å². The molecule has 0 amide bonds. The second-order valence-electron chi connectivity index (χ2n) is 16.5. The molecule has 2 aliphatic rings. The van der Waals surface area contributed by atoms with Crippen LogP contribution in [0.4, 0.5) is 5.69 Å². The Morgan fingerprint density at radius 1 is 0.746 bits per heavy atom. The summed E-state index contributed by atoms with van der Waals surface area (Å²) in [5.74, 6) is -1.28. The van der Waals surface area contributed by atoms with E-state index in [4.69, 9.17) is 14.6 Å². The number of carbonyl (C=O) groups is 1. The van der Waals surface area contributed by atoms with Gasteiger partial charge in [-0.05, 0) is 117 Å². The van der Waals surface area contributed by atoms with Crippen LogP contribution < -0.4 is 4.90 Å². The third-order valence-corrected chi connectivity index (χ3v) is 14.5. The summed E-state index contributed by atoms with van der Waals surface area (Å²) in [4.78, 5) is 12.5. The van der Waals surface area contributed by atoms with Crippen molar-refractivity contribution >= 4 is 42.0 Å². The van der Waals surface area contributed by atoms with Crippen molar-refractivity contribution in [2.45, 2.75) is 118 Å². The Kier molecular flexibility index (Phi) is 18.7. The molecule has 0 saturated carbocycles. The van der Waals surface area contributed by atoms with Crippen LogP contribution in [0.2, 0.25) is 0 Å². The van der Waals surface area contributed by atoms with Crippen molar-refractivity contribution in [3.8, 4) is 0 Å². The molecule has 348 valence electrons. The second kappa shape index (κ2) is 22.8. The highest BCUT2D eigenvalue weighted by molar-refractivity contribution is 7.86. The van der Waals surface area contributed by atoms with Crippen molar-refractivity contribution in [1.29, 1.82) is 0 Å². The highest BCUT2D eigenvalue weighted by Gasteiger charge is 2.43. The molecule has 0 radical (unpaired) electrons. The quantitative estimate of drug-likeness (QED) is 0.0394. The van der Waals surface area contributed by atoms with E-state index in [0.717, 1.165) is 72.2 Å². The smallest absolute Gasteiger partial charge is 0.303 e. The van der Waals surface area contributed by atoms with Crippen LogP contribution in [0.5, 0.6) is 0 Å². The van der Waals surface area contributed by atoms with Gasteiger partial charge in [-0.3, -0.25) is 18.5 Å². The summed E-state index contributed by atoms with van der Waals surface area (Å²) in [5.41, 5.74) is 4.47. The number of benzene rings is 2. The summed E-state index contributed by atoms with van der Waals surface area (Å²) >= 11 is 0. The van der Waals surface area contributed by atoms with E-state index in [-0.39, 0.29) is 29.1 Å². The summed E-state index contributed by atoms with van der Waals surface area (Å²) < 4.78 is 113. The van der Waals surface area contributed by atoms with Gasteiger partial charge in [-0.1, -0.05) is 80.7 Å². The van der Waals surface area contributed by atoms with E-state index in [2.05, 4.69) is 4.90 Å². The molecule has 17 heteroatoms. The Hall–Kier alpha value is -3.94. The van der Waals surface area contributed by atoms with Crippen LogP contribution in [0.15, 0.2) is 106 Å². The van der Waals surface area contributed by atoms with Gasteiger partial charge in [0.1, 0.15) is 0 Å². The van der Waals surface area contributed by atoms with Gasteiger partial charge in [0.25, 0.3) is 30.4 Å². The first-order chi connectivity index (χ1) is 29.7. The van der Waals surface area contributed by atoms with E-state index in [1.165, 1.54) is 24.3 Å². The van der Waals surface area contributed by atoms with E-state index < -0.39 is 52.9 Å². The molecule has 2 atom stereocenters. The lowest BCUT2D eigenvalue weighted by Gasteiger charge is -2.40. The molecule has 1 aliphatic carbocycles. The highest BCUT2D eigenvalue weighted by Crippen LogP contribution is 2.51. The molecule has 63 heavy (non-hydrogen) atoms. The number of methoxy groups -OCH3 is 1. The summed E-state index contributed by atoms with van der Waals surface area (Å²) in [6.45, 7) is 7.76. The van der Waals surface area contributed by atoms with Gasteiger partial charge in [0.05, 0.1) is 28.8 Å². The molecule has 2 unspecified atom stereocenters. The number of likely N-dealkylation sites (N-methyl/N-ethyl adjacent to an activating group) is 1. The molecular weight excluding hydrogens is 871 g/mol. The minimum Gasteiger partial charge on any atom is -0.481 e. The number of carboxylic acids is 1. The first-order valence-corrected chi connectivity index (χ1v) is 25.8. The van der Waals surface area contributed by atoms with Crippen LogP contribution in [0.25, 0.3) is 0 Å². The molecule has 14 nitrogen and oxygen atoms in total. The molecule has 0 spiro atoms. The van der Waals surface area contributed by atoms with E-state index >= 15 is 0 Å². The van der Waals surface area contributed by atoms with E-state index in [0.29, 0.717) is 51.2 Å². The first kappa shape index (κ1) is 51.7. The number of aliphatic carboxylic acids is 1. The van der Waals surface area contributed by atoms with E-state index in [1.54, 1.807) is 19.2 Å². The molecule has 4 N–H and O–H groups in total. The molecule has 0 aromatic heterocycles. The average Bonchev–Trinajstić information content (AvgIpc) is 3.43. The predicted molar refractivity (Wildman–Crippen MR) is 244 cm³/mol. The lowest BCUT2D eigenvalue weighted by Crippen LogP contribution is -2.32. The van der Waals surface area contributed by atoms with Crippen LogP contribution in [0.1, 0.15) is 108 Å². The maximum atomic E-state index is 12.3. The summed E-state index contributed by atoms with van der Waals surface area (Å²) in [7, 11) is -11.7. The monoisotopic (exact) mass is 933 g/mol. The summed E-state index contributed by atoms with van der Waals surface area (Å²) in [6, 6.07) is 9.14. The van der Waals surface area contributed by atoms with Gasteiger partial charge in [-0.2, -0.15) is 25.3 Å². The average molecular weight is 934 g/mol. The Morgan fingerprint density at radius 2 is 1.37 bits per heavy atom. The van der Waals surface area contributed by atoms with Crippen LogP contribution in [-0.4, -0.2) is 89.2 Å². The lowest BCUT2D eigenvalue weighted by atomic mass is 9.64. The maximum absolute atomic E-state index is 12.3. The number of allylic oxidation sites excluding steroid dienone is 10. The number of hydrogen-bond acceptors (Lipinski definition) is 10. The number of ether oxygens (including phenoxy) is 2. The molecular formula is C46H63NO13S3. The number of anilines is 1. The normalized spacial score (nSPS) is 20.2. The zero-order chi connectivity index (χ0) is 46.5. The fraction of sp³-hybridized carbons (Fsp3) is 0.500. The molecule has 1 heterocycles. The minimum atomic E-state index is -4.55. The Labute approximate surface area is 373 Å². The molecule has 2 aromatic carbocycles. The first-order valence-electron chi connectivity index (χ1n) is 21.3. The minimum absolute atomic E-state index is 0.0903. The van der Waals surface area contributed by atoms with Crippen molar-refractivity contribution in [3.63, 3.8) is 0 Å². The van der Waals surface area contributed by atoms with E-state index in [1.807, 2.05) is 63.3 Å². The SMILES string of the molecule is CCN1/C(=C/C=C/C=C/C=C/C2=C(CCCCCCCCC(=O)O)Cc3ccc(S(=O)(=O)O)cc3C2(C)CCCS(=O)(=O)O)C(C)(CCOCCOC)c2cc(S(=O)(=O)O)ccc21. The highest BCUT2D eigenvalue weighted by atomic mass is 32.2. The van der Waals surface area contributed by atoms with Crippen molar-refractivity contribution in [3.05, 3.63) is 112 Å². The molecule has 1 aliphatic heterocycles. The van der Waals surface area contributed by atoms with Crippen molar-refractivity contribution in [2.24, 2.45) is 0 Å². The maximum Gasteiger partial charge on any atom is 0.303 e. The third-order valence-electron chi connectivity index (χ3n) is 12.0. The fourth-order valence-corrected chi connectivity index (χ4v) is 10.3. The largest absolute Gasteiger partial charge is 0.481 e. The van der Waals surface area contributed by atoms with Crippen LogP contribution in [-0.2, 0) is 61.9 Å². The third kappa shape index (κ3) is 14.3. The molecule has 0 saturated heterocycles. The number of rotatable bonds is 26. The number of carboxylic acid groups (broad SMARTS) is 1. The van der Waals surface area contributed by atoms with Gasteiger partial charge >= 0.3 is 5.97 Å². The Balaban J connectivity index is 1.67. The van der Waals surface area contributed by atoms with Gasteiger partial charge in [0, 0.05) is 48.9 Å². The number of fused-ring (bicyclic) bond motifs is 2. The van der Waals surface area contributed by atoms with Gasteiger partial charge in [0.2, 0.25) is 0 Å². The lowest BCUT2D eigenvalue weighted by molar-refractivity contribution is -0.137. The Morgan fingerprint density at radius 3 is 2.00 bits per heavy atom.